The van der Waals surface area contributed by atoms with Crippen molar-refractivity contribution >= 4 is 5.91 Å². The van der Waals surface area contributed by atoms with Crippen molar-refractivity contribution in [1.82, 2.24) is 10.2 Å². The van der Waals surface area contributed by atoms with Gasteiger partial charge in [0.25, 0.3) is 0 Å². The minimum absolute atomic E-state index is 0.00387. The number of carbonyl (C=O) groups excluding carboxylic acids is 1. The van der Waals surface area contributed by atoms with Gasteiger partial charge in [0.15, 0.2) is 0 Å². The van der Waals surface area contributed by atoms with Crippen LogP contribution in [0.25, 0.3) is 0 Å². The van der Waals surface area contributed by atoms with Crippen LogP contribution in [0, 0.1) is 0 Å². The molecule has 0 aromatic heterocycles. The highest BCUT2D eigenvalue weighted by molar-refractivity contribution is 5.73. The van der Waals surface area contributed by atoms with Crippen LogP contribution < -0.4 is 5.32 Å². The van der Waals surface area contributed by atoms with E-state index in [9.17, 15) is 4.79 Å². The lowest BCUT2D eigenvalue weighted by Crippen LogP contribution is -2.47. The Morgan fingerprint density at radius 2 is 2.15 bits per heavy atom. The van der Waals surface area contributed by atoms with Gasteiger partial charge in [0.05, 0.1) is 5.54 Å². The molecule has 3 nitrogen and oxygen atoms in total. The zero-order valence-corrected chi connectivity index (χ0v) is 9.05. The van der Waals surface area contributed by atoms with Crippen LogP contribution in [0.5, 0.6) is 0 Å². The third-order valence-corrected chi connectivity index (χ3v) is 2.71. The van der Waals surface area contributed by atoms with Gasteiger partial charge in [0, 0.05) is 26.1 Å². The Bertz CT molecular complexity index is 203. The van der Waals surface area contributed by atoms with Crippen molar-refractivity contribution in [2.45, 2.75) is 45.7 Å². The molecule has 0 saturated carbocycles. The topological polar surface area (TPSA) is 32.3 Å². The minimum atomic E-state index is -0.00387. The monoisotopic (exact) mass is 184 g/mol. The van der Waals surface area contributed by atoms with Gasteiger partial charge in [-0.3, -0.25) is 9.69 Å². The van der Waals surface area contributed by atoms with E-state index < -0.39 is 0 Å². The van der Waals surface area contributed by atoms with Crippen molar-refractivity contribution in [3.63, 3.8) is 0 Å². The van der Waals surface area contributed by atoms with Crippen molar-refractivity contribution in [1.29, 1.82) is 0 Å². The lowest BCUT2D eigenvalue weighted by Gasteiger charge is -2.27. The predicted molar refractivity (Wildman–Crippen MR) is 53.5 cm³/mol. The second-order valence-electron chi connectivity index (χ2n) is 4.56. The van der Waals surface area contributed by atoms with E-state index in [1.54, 1.807) is 6.92 Å². The Kier molecular flexibility index (Phi) is 2.96. The first-order chi connectivity index (χ1) is 5.93. The summed E-state index contributed by atoms with van der Waals surface area (Å²) >= 11 is 0. The standard InChI is InChI=1S/C10H20N2O/c1-8(2)12-6-5-10(4,7-12)11-9(3)13/h8H,5-7H2,1-4H3,(H,11,13). The molecular weight excluding hydrogens is 164 g/mol. The van der Waals surface area contributed by atoms with Crippen molar-refractivity contribution < 1.29 is 4.79 Å². The molecule has 1 amide bonds. The molecule has 1 unspecified atom stereocenters. The highest BCUT2D eigenvalue weighted by Gasteiger charge is 2.34. The summed E-state index contributed by atoms with van der Waals surface area (Å²) in [5, 5.41) is 3.02. The summed E-state index contributed by atoms with van der Waals surface area (Å²) in [6.45, 7) is 10.2. The second-order valence-corrected chi connectivity index (χ2v) is 4.56. The van der Waals surface area contributed by atoms with Gasteiger partial charge in [-0.1, -0.05) is 0 Å². The summed E-state index contributed by atoms with van der Waals surface area (Å²) in [5.74, 6) is 0.0770. The fourth-order valence-corrected chi connectivity index (χ4v) is 1.96. The summed E-state index contributed by atoms with van der Waals surface area (Å²) in [6, 6.07) is 0.579. The number of likely N-dealkylation sites (tertiary alicyclic amines) is 1. The van der Waals surface area contributed by atoms with E-state index >= 15 is 0 Å². The SMILES string of the molecule is CC(=O)NC1(C)CCN(C(C)C)C1. The van der Waals surface area contributed by atoms with E-state index in [0.29, 0.717) is 6.04 Å². The van der Waals surface area contributed by atoms with Crippen molar-refractivity contribution in [3.8, 4) is 0 Å². The Balaban J connectivity index is 2.51. The maximum Gasteiger partial charge on any atom is 0.217 e. The normalized spacial score (nSPS) is 29.6. The highest BCUT2D eigenvalue weighted by Crippen LogP contribution is 2.22. The van der Waals surface area contributed by atoms with Crippen molar-refractivity contribution in [2.24, 2.45) is 0 Å². The van der Waals surface area contributed by atoms with Crippen LogP contribution in [0.1, 0.15) is 34.1 Å². The smallest absolute Gasteiger partial charge is 0.217 e. The Hall–Kier alpha value is -0.570. The number of nitrogens with one attached hydrogen (secondary N) is 1. The molecule has 1 fully saturated rings. The molecule has 0 spiro atoms. The molecule has 0 aromatic carbocycles. The van der Waals surface area contributed by atoms with Crippen molar-refractivity contribution in [3.05, 3.63) is 0 Å². The van der Waals surface area contributed by atoms with Gasteiger partial charge in [-0.25, -0.2) is 0 Å². The molecule has 0 aromatic rings. The molecule has 76 valence electrons. The van der Waals surface area contributed by atoms with Gasteiger partial charge >= 0.3 is 0 Å². The number of hydrogen-bond acceptors (Lipinski definition) is 2. The maximum absolute atomic E-state index is 11.0. The summed E-state index contributed by atoms with van der Waals surface area (Å²) < 4.78 is 0. The van der Waals surface area contributed by atoms with Crippen molar-refractivity contribution in [2.75, 3.05) is 13.1 Å². The van der Waals surface area contributed by atoms with E-state index in [0.717, 1.165) is 19.5 Å². The van der Waals surface area contributed by atoms with Gasteiger partial charge in [-0.15, -0.1) is 0 Å². The van der Waals surface area contributed by atoms with Crippen LogP contribution in [0.3, 0.4) is 0 Å². The molecule has 1 aliphatic rings. The fraction of sp³-hybridized carbons (Fsp3) is 0.900. The lowest BCUT2D eigenvalue weighted by atomic mass is 10.0. The van der Waals surface area contributed by atoms with Crippen LogP contribution in [0.2, 0.25) is 0 Å². The lowest BCUT2D eigenvalue weighted by molar-refractivity contribution is -0.120. The van der Waals surface area contributed by atoms with Gasteiger partial charge in [-0.05, 0) is 27.2 Å². The minimum Gasteiger partial charge on any atom is -0.350 e. The van der Waals surface area contributed by atoms with E-state index in [1.807, 2.05) is 0 Å². The third-order valence-electron chi connectivity index (χ3n) is 2.71. The second kappa shape index (κ2) is 3.66. The van der Waals surface area contributed by atoms with E-state index in [1.165, 1.54) is 0 Å². The predicted octanol–water partition coefficient (Wildman–Crippen LogP) is 0.995. The Morgan fingerprint density at radius 3 is 2.54 bits per heavy atom. The molecule has 1 atom stereocenters. The summed E-state index contributed by atoms with van der Waals surface area (Å²) in [4.78, 5) is 13.4. The zero-order chi connectivity index (χ0) is 10.1. The fourth-order valence-electron chi connectivity index (χ4n) is 1.96. The molecule has 1 N–H and O–H groups in total. The van der Waals surface area contributed by atoms with Crippen LogP contribution >= 0.6 is 0 Å². The summed E-state index contributed by atoms with van der Waals surface area (Å²) in [7, 11) is 0. The number of nitrogens with zero attached hydrogens (tertiary/aromatic N) is 1. The van der Waals surface area contributed by atoms with Gasteiger partial charge in [0.1, 0.15) is 0 Å². The average molecular weight is 184 g/mol. The first-order valence-corrected chi connectivity index (χ1v) is 4.96. The molecule has 0 aliphatic carbocycles. The summed E-state index contributed by atoms with van der Waals surface area (Å²) in [5.41, 5.74) is -0.00387. The molecule has 1 rings (SSSR count). The van der Waals surface area contributed by atoms with Crippen LogP contribution in [0.4, 0.5) is 0 Å². The molecule has 13 heavy (non-hydrogen) atoms. The number of rotatable bonds is 2. The molecule has 0 bridgehead atoms. The van der Waals surface area contributed by atoms with Gasteiger partial charge in [0.2, 0.25) is 5.91 Å². The summed E-state index contributed by atoms with van der Waals surface area (Å²) in [6.07, 6.45) is 1.06. The molecule has 1 saturated heterocycles. The van der Waals surface area contributed by atoms with E-state index in [4.69, 9.17) is 0 Å². The quantitative estimate of drug-likeness (QED) is 0.694. The number of carbonyl (C=O) groups is 1. The first kappa shape index (κ1) is 10.5. The highest BCUT2D eigenvalue weighted by atomic mass is 16.1. The van der Waals surface area contributed by atoms with Crippen LogP contribution in [-0.2, 0) is 4.79 Å². The Morgan fingerprint density at radius 1 is 1.54 bits per heavy atom. The number of amides is 1. The van der Waals surface area contributed by atoms with Gasteiger partial charge in [-0.2, -0.15) is 0 Å². The van der Waals surface area contributed by atoms with Crippen LogP contribution in [0.15, 0.2) is 0 Å². The molecular formula is C10H20N2O. The molecule has 1 heterocycles. The largest absolute Gasteiger partial charge is 0.350 e. The van der Waals surface area contributed by atoms with E-state index in [2.05, 4.69) is 31.0 Å². The zero-order valence-electron chi connectivity index (χ0n) is 9.05. The molecule has 3 heteroatoms. The average Bonchev–Trinajstić information content (AvgIpc) is 2.29. The molecule has 1 aliphatic heterocycles. The third kappa shape index (κ3) is 2.69. The number of hydrogen-bond donors (Lipinski definition) is 1. The van der Waals surface area contributed by atoms with Gasteiger partial charge < -0.3 is 5.32 Å². The maximum atomic E-state index is 11.0. The van der Waals surface area contributed by atoms with Crippen LogP contribution in [-0.4, -0.2) is 35.5 Å². The van der Waals surface area contributed by atoms with E-state index in [-0.39, 0.29) is 11.4 Å². The molecule has 0 radical (unpaired) electrons. The Labute approximate surface area is 80.5 Å². The first-order valence-electron chi connectivity index (χ1n) is 4.96.